The number of aromatic amines is 1. The maximum absolute atomic E-state index is 14.8. The molecule has 1 aromatic carbocycles. The number of halogens is 1. The van der Waals surface area contributed by atoms with Crippen LogP contribution in [0, 0.1) is 11.7 Å². The fourth-order valence-electron chi connectivity index (χ4n) is 4.82. The molecular formula is C23H33FN4O4. The van der Waals surface area contributed by atoms with Crippen LogP contribution in [0.5, 0.6) is 0 Å². The summed E-state index contributed by atoms with van der Waals surface area (Å²) in [5.41, 5.74) is 1.17. The van der Waals surface area contributed by atoms with Crippen LogP contribution in [-0.2, 0) is 6.42 Å². The second-order valence-corrected chi connectivity index (χ2v) is 9.58. The number of nitrogens with zero attached hydrogens (tertiary/aromatic N) is 2. The summed E-state index contributed by atoms with van der Waals surface area (Å²) >= 11 is 0. The van der Waals surface area contributed by atoms with E-state index in [0.29, 0.717) is 29.2 Å². The maximum atomic E-state index is 14.8. The summed E-state index contributed by atoms with van der Waals surface area (Å²) in [7, 11) is 0. The average Bonchev–Trinajstić information content (AvgIpc) is 3.13. The highest BCUT2D eigenvalue weighted by molar-refractivity contribution is 5.67. The molecule has 0 aliphatic heterocycles. The molecule has 32 heavy (non-hydrogen) atoms. The van der Waals surface area contributed by atoms with E-state index in [9.17, 15) is 19.1 Å². The molecule has 1 aliphatic carbocycles. The molecule has 2 aromatic rings. The normalized spacial score (nSPS) is 20.1. The van der Waals surface area contributed by atoms with Gasteiger partial charge in [0.2, 0.25) is 5.89 Å². The minimum atomic E-state index is -0.878. The molecule has 1 atom stereocenters. The van der Waals surface area contributed by atoms with Crippen molar-refractivity contribution in [2.24, 2.45) is 5.92 Å². The highest BCUT2D eigenvalue weighted by atomic mass is 19.1. The van der Waals surface area contributed by atoms with Crippen molar-refractivity contribution in [3.63, 3.8) is 0 Å². The molecule has 0 unspecified atom stereocenters. The number of H-pyrrole nitrogens is 1. The summed E-state index contributed by atoms with van der Waals surface area (Å²) in [6.45, 7) is 9.73. The summed E-state index contributed by atoms with van der Waals surface area (Å²) in [5, 5.41) is 19.1. The number of hydrogen-bond acceptors (Lipinski definition) is 5. The van der Waals surface area contributed by atoms with E-state index in [1.54, 1.807) is 11.0 Å². The molecule has 1 aromatic heterocycles. The van der Waals surface area contributed by atoms with Gasteiger partial charge >= 0.3 is 11.8 Å². The maximum Gasteiger partial charge on any atom is 0.434 e. The number of carbonyl (C=O) groups is 1. The lowest BCUT2D eigenvalue weighted by Crippen LogP contribution is -2.52. The van der Waals surface area contributed by atoms with Crippen LogP contribution < -0.4 is 11.1 Å². The van der Waals surface area contributed by atoms with Crippen molar-refractivity contribution in [1.29, 1.82) is 0 Å². The van der Waals surface area contributed by atoms with Crippen molar-refractivity contribution >= 4 is 11.8 Å². The Labute approximate surface area is 187 Å². The number of carboxylic acid groups (broad SMARTS) is 1. The van der Waals surface area contributed by atoms with Crippen molar-refractivity contribution in [3.8, 4) is 11.5 Å². The molecule has 1 heterocycles. The molecule has 8 nitrogen and oxygen atoms in total. The third kappa shape index (κ3) is 5.14. The molecule has 1 aliphatic rings. The topological polar surface area (TPSA) is 111 Å². The van der Waals surface area contributed by atoms with E-state index in [1.807, 2.05) is 27.7 Å². The van der Waals surface area contributed by atoms with Crippen molar-refractivity contribution in [2.75, 3.05) is 5.32 Å². The molecule has 0 spiro atoms. The van der Waals surface area contributed by atoms with Crippen LogP contribution in [0.4, 0.5) is 14.9 Å². The van der Waals surface area contributed by atoms with Crippen molar-refractivity contribution < 1.29 is 18.7 Å². The lowest BCUT2D eigenvalue weighted by molar-refractivity contribution is 0.0494. The Morgan fingerprint density at radius 2 is 2.00 bits per heavy atom. The second kappa shape index (κ2) is 9.34. The van der Waals surface area contributed by atoms with E-state index in [0.717, 1.165) is 25.7 Å². The number of nitrogens with one attached hydrogen (secondary N) is 2. The minimum absolute atomic E-state index is 0.00508. The third-order valence-corrected chi connectivity index (χ3v) is 6.36. The highest BCUT2D eigenvalue weighted by Crippen LogP contribution is 2.35. The van der Waals surface area contributed by atoms with E-state index in [4.69, 9.17) is 4.42 Å². The highest BCUT2D eigenvalue weighted by Gasteiger charge is 2.36. The first kappa shape index (κ1) is 23.8. The second-order valence-electron chi connectivity index (χ2n) is 9.58. The predicted octanol–water partition coefficient (Wildman–Crippen LogP) is 4.87. The van der Waals surface area contributed by atoms with Gasteiger partial charge in [-0.25, -0.2) is 19.1 Å². The number of benzene rings is 1. The van der Waals surface area contributed by atoms with E-state index < -0.39 is 17.4 Å². The fourth-order valence-corrected chi connectivity index (χ4v) is 4.82. The molecule has 176 valence electrons. The Balaban J connectivity index is 1.74. The van der Waals surface area contributed by atoms with Gasteiger partial charge in [0, 0.05) is 34.4 Å². The van der Waals surface area contributed by atoms with Crippen molar-refractivity contribution in [2.45, 2.75) is 84.3 Å². The standard InChI is InChI=1S/C23H33FN4O4/c1-6-17-18(24)11-15(20-26-27-21(29)32-20)12-19(17)25-13(2)14-7-9-16(10-8-14)28(22(30)31)23(3,4)5/h11-14,16,25H,6-10H2,1-5H3,(H,27,29)(H,30,31)/t13-,14?,16?/m0/s1. The van der Waals surface area contributed by atoms with Crippen LogP contribution in [0.2, 0.25) is 0 Å². The van der Waals surface area contributed by atoms with Crippen LogP contribution in [0.25, 0.3) is 11.5 Å². The molecule has 1 amide bonds. The van der Waals surface area contributed by atoms with Crippen LogP contribution in [0.3, 0.4) is 0 Å². The van der Waals surface area contributed by atoms with Crippen LogP contribution >= 0.6 is 0 Å². The Morgan fingerprint density at radius 1 is 1.34 bits per heavy atom. The van der Waals surface area contributed by atoms with Crippen LogP contribution in [0.1, 0.15) is 65.9 Å². The number of anilines is 1. The molecule has 1 fully saturated rings. The Hall–Kier alpha value is -2.84. The lowest BCUT2D eigenvalue weighted by Gasteiger charge is -2.43. The van der Waals surface area contributed by atoms with Gasteiger partial charge < -0.3 is 19.7 Å². The zero-order valence-corrected chi connectivity index (χ0v) is 19.4. The first-order valence-corrected chi connectivity index (χ1v) is 11.2. The molecule has 3 rings (SSSR count). The van der Waals surface area contributed by atoms with E-state index in [-0.39, 0.29) is 23.8 Å². The zero-order chi connectivity index (χ0) is 23.6. The monoisotopic (exact) mass is 448 g/mol. The van der Waals surface area contributed by atoms with Gasteiger partial charge in [0.1, 0.15) is 5.82 Å². The molecular weight excluding hydrogens is 415 g/mol. The molecule has 0 bridgehead atoms. The summed E-state index contributed by atoms with van der Waals surface area (Å²) in [5.74, 6) is -0.688. The first-order chi connectivity index (χ1) is 15.0. The number of hydrogen-bond donors (Lipinski definition) is 3. The number of amides is 1. The van der Waals surface area contributed by atoms with E-state index >= 15 is 0 Å². The zero-order valence-electron chi connectivity index (χ0n) is 19.4. The Bertz CT molecular complexity index is 1000. The first-order valence-electron chi connectivity index (χ1n) is 11.2. The predicted molar refractivity (Wildman–Crippen MR) is 120 cm³/mol. The van der Waals surface area contributed by atoms with Gasteiger partial charge in [-0.3, -0.25) is 0 Å². The van der Waals surface area contributed by atoms with Gasteiger partial charge in [0.05, 0.1) is 0 Å². The number of rotatable bonds is 6. The van der Waals surface area contributed by atoms with E-state index in [1.165, 1.54) is 6.07 Å². The van der Waals surface area contributed by atoms with Crippen molar-refractivity contribution in [3.05, 3.63) is 34.1 Å². The molecule has 1 saturated carbocycles. The van der Waals surface area contributed by atoms with Gasteiger partial charge in [-0.1, -0.05) is 6.92 Å². The Morgan fingerprint density at radius 3 is 2.50 bits per heavy atom. The fraction of sp³-hybridized carbons (Fsp3) is 0.609. The third-order valence-electron chi connectivity index (χ3n) is 6.36. The molecule has 9 heteroatoms. The molecule has 0 saturated heterocycles. The summed E-state index contributed by atoms with van der Waals surface area (Å²) in [4.78, 5) is 24.7. The van der Waals surface area contributed by atoms with E-state index in [2.05, 4.69) is 22.4 Å². The summed E-state index contributed by atoms with van der Waals surface area (Å²) in [6, 6.07) is 3.15. The van der Waals surface area contributed by atoms with Gasteiger partial charge in [0.25, 0.3) is 0 Å². The molecule has 0 radical (unpaired) electrons. The van der Waals surface area contributed by atoms with Crippen molar-refractivity contribution in [1.82, 2.24) is 15.1 Å². The smallest absolute Gasteiger partial charge is 0.434 e. The van der Waals surface area contributed by atoms with Crippen LogP contribution in [-0.4, -0.2) is 43.9 Å². The Kier molecular flexibility index (Phi) is 6.95. The molecule has 3 N–H and O–H groups in total. The summed E-state index contributed by atoms with van der Waals surface area (Å²) in [6.07, 6.45) is 3.00. The van der Waals surface area contributed by atoms with Gasteiger partial charge in [0.15, 0.2) is 0 Å². The SMILES string of the molecule is CCc1c(F)cc(-c2n[nH]c(=O)o2)cc1N[C@@H](C)C1CCC(N(C(=O)O)C(C)(C)C)CC1. The number of aromatic nitrogens is 2. The van der Waals surface area contributed by atoms with Gasteiger partial charge in [-0.15, -0.1) is 5.10 Å². The largest absolute Gasteiger partial charge is 0.465 e. The van der Waals surface area contributed by atoms with Crippen LogP contribution in [0.15, 0.2) is 21.3 Å². The quantitative estimate of drug-likeness (QED) is 0.581. The minimum Gasteiger partial charge on any atom is -0.465 e. The lowest BCUT2D eigenvalue weighted by atomic mass is 9.80. The summed E-state index contributed by atoms with van der Waals surface area (Å²) < 4.78 is 19.8. The van der Waals surface area contributed by atoms with Gasteiger partial charge in [-0.2, -0.15) is 0 Å². The average molecular weight is 449 g/mol. The van der Waals surface area contributed by atoms with Gasteiger partial charge in [-0.05, 0) is 77.8 Å².